The number of hydrogen-bond donors (Lipinski definition) is 2. The summed E-state index contributed by atoms with van der Waals surface area (Å²) in [4.78, 5) is 15.6. The van der Waals surface area contributed by atoms with Gasteiger partial charge in [0, 0.05) is 13.0 Å². The van der Waals surface area contributed by atoms with Crippen molar-refractivity contribution < 1.29 is 4.79 Å². The molecule has 0 radical (unpaired) electrons. The zero-order valence-electron chi connectivity index (χ0n) is 9.92. The van der Waals surface area contributed by atoms with Crippen LogP contribution >= 0.6 is 0 Å². The van der Waals surface area contributed by atoms with Crippen molar-refractivity contribution in [3.05, 3.63) is 18.3 Å². The predicted octanol–water partition coefficient (Wildman–Crippen LogP) is 2.64. The van der Waals surface area contributed by atoms with Gasteiger partial charge >= 0.3 is 0 Å². The molecule has 0 atom stereocenters. The first kappa shape index (κ1) is 12.5. The fraction of sp³-hybridized carbons (Fsp3) is 0.500. The summed E-state index contributed by atoms with van der Waals surface area (Å²) in [5, 5.41) is 5.92. The SMILES string of the molecule is CCCCC(=O)Nc1ccc(NCC)nc1. The molecule has 16 heavy (non-hydrogen) atoms. The molecule has 0 aliphatic rings. The Morgan fingerprint density at radius 3 is 2.75 bits per heavy atom. The summed E-state index contributed by atoms with van der Waals surface area (Å²) in [6, 6.07) is 3.72. The van der Waals surface area contributed by atoms with Gasteiger partial charge in [-0.3, -0.25) is 4.79 Å². The second kappa shape index (κ2) is 6.82. The Balaban J connectivity index is 2.45. The van der Waals surface area contributed by atoms with Crippen molar-refractivity contribution in [2.24, 2.45) is 0 Å². The van der Waals surface area contributed by atoms with E-state index in [-0.39, 0.29) is 5.91 Å². The van der Waals surface area contributed by atoms with Crippen LogP contribution in [-0.4, -0.2) is 17.4 Å². The van der Waals surface area contributed by atoms with Crippen LogP contribution in [0.4, 0.5) is 11.5 Å². The zero-order valence-corrected chi connectivity index (χ0v) is 9.92. The maximum Gasteiger partial charge on any atom is 0.224 e. The van der Waals surface area contributed by atoms with E-state index in [4.69, 9.17) is 0 Å². The Bertz CT molecular complexity index is 322. The average Bonchev–Trinajstić information content (AvgIpc) is 2.29. The maximum absolute atomic E-state index is 11.4. The number of pyridine rings is 1. The first-order valence-corrected chi connectivity index (χ1v) is 5.76. The van der Waals surface area contributed by atoms with Crippen molar-refractivity contribution in [3.63, 3.8) is 0 Å². The quantitative estimate of drug-likeness (QED) is 0.776. The van der Waals surface area contributed by atoms with E-state index in [1.807, 2.05) is 19.1 Å². The molecule has 0 aromatic carbocycles. The smallest absolute Gasteiger partial charge is 0.224 e. The Kier molecular flexibility index (Phi) is 5.32. The number of aromatic nitrogens is 1. The van der Waals surface area contributed by atoms with Crippen LogP contribution in [-0.2, 0) is 4.79 Å². The van der Waals surface area contributed by atoms with Crippen molar-refractivity contribution in [3.8, 4) is 0 Å². The van der Waals surface area contributed by atoms with Crippen molar-refractivity contribution in [2.75, 3.05) is 17.2 Å². The summed E-state index contributed by atoms with van der Waals surface area (Å²) in [6.45, 7) is 4.93. The van der Waals surface area contributed by atoms with Gasteiger partial charge in [-0.05, 0) is 25.5 Å². The van der Waals surface area contributed by atoms with Gasteiger partial charge in [0.2, 0.25) is 5.91 Å². The summed E-state index contributed by atoms with van der Waals surface area (Å²) in [5.41, 5.74) is 0.753. The topological polar surface area (TPSA) is 54.0 Å². The van der Waals surface area contributed by atoms with E-state index >= 15 is 0 Å². The lowest BCUT2D eigenvalue weighted by Crippen LogP contribution is -2.11. The van der Waals surface area contributed by atoms with Crippen LogP contribution in [0.1, 0.15) is 33.1 Å². The molecule has 4 nitrogen and oxygen atoms in total. The summed E-state index contributed by atoms with van der Waals surface area (Å²) >= 11 is 0. The van der Waals surface area contributed by atoms with Crippen LogP contribution in [0.15, 0.2) is 18.3 Å². The molecule has 0 saturated heterocycles. The third kappa shape index (κ3) is 4.29. The highest BCUT2D eigenvalue weighted by molar-refractivity contribution is 5.90. The van der Waals surface area contributed by atoms with E-state index in [2.05, 4.69) is 22.5 Å². The second-order valence-corrected chi connectivity index (χ2v) is 3.61. The Morgan fingerprint density at radius 1 is 1.38 bits per heavy atom. The molecule has 0 unspecified atom stereocenters. The standard InChI is InChI=1S/C12H19N3O/c1-3-5-6-12(16)15-10-7-8-11(13-4-2)14-9-10/h7-9H,3-6H2,1-2H3,(H,13,14)(H,15,16). The molecule has 2 N–H and O–H groups in total. The van der Waals surface area contributed by atoms with E-state index < -0.39 is 0 Å². The van der Waals surface area contributed by atoms with Crippen LogP contribution in [0, 0.1) is 0 Å². The highest BCUT2D eigenvalue weighted by Crippen LogP contribution is 2.10. The summed E-state index contributed by atoms with van der Waals surface area (Å²) < 4.78 is 0. The van der Waals surface area contributed by atoms with E-state index in [1.54, 1.807) is 6.20 Å². The van der Waals surface area contributed by atoms with Crippen LogP contribution in [0.2, 0.25) is 0 Å². The molecule has 1 amide bonds. The number of nitrogens with one attached hydrogen (secondary N) is 2. The first-order valence-electron chi connectivity index (χ1n) is 5.76. The number of carbonyl (C=O) groups excluding carboxylic acids is 1. The van der Waals surface area contributed by atoms with E-state index in [1.165, 1.54) is 0 Å². The van der Waals surface area contributed by atoms with Crippen molar-refractivity contribution in [1.82, 2.24) is 4.98 Å². The van der Waals surface area contributed by atoms with Gasteiger partial charge in [-0.2, -0.15) is 0 Å². The number of carbonyl (C=O) groups is 1. The molecule has 0 spiro atoms. The minimum Gasteiger partial charge on any atom is -0.370 e. The van der Waals surface area contributed by atoms with Crippen LogP contribution in [0.25, 0.3) is 0 Å². The van der Waals surface area contributed by atoms with Gasteiger partial charge < -0.3 is 10.6 Å². The number of nitrogens with zero attached hydrogens (tertiary/aromatic N) is 1. The van der Waals surface area contributed by atoms with Gasteiger partial charge in [0.05, 0.1) is 11.9 Å². The van der Waals surface area contributed by atoms with Gasteiger partial charge in [0.25, 0.3) is 0 Å². The van der Waals surface area contributed by atoms with Gasteiger partial charge in [-0.15, -0.1) is 0 Å². The van der Waals surface area contributed by atoms with Gasteiger partial charge in [0.15, 0.2) is 0 Å². The average molecular weight is 221 g/mol. The molecule has 88 valence electrons. The first-order chi connectivity index (χ1) is 7.76. The van der Waals surface area contributed by atoms with Crippen molar-refractivity contribution in [2.45, 2.75) is 33.1 Å². The van der Waals surface area contributed by atoms with E-state index in [0.717, 1.165) is 30.9 Å². The van der Waals surface area contributed by atoms with Crippen LogP contribution in [0.3, 0.4) is 0 Å². The maximum atomic E-state index is 11.4. The minimum atomic E-state index is 0.0554. The molecule has 1 aromatic rings. The Hall–Kier alpha value is -1.58. The summed E-state index contributed by atoms with van der Waals surface area (Å²) in [6.07, 6.45) is 4.20. The van der Waals surface area contributed by atoms with Gasteiger partial charge in [-0.1, -0.05) is 13.3 Å². The molecular weight excluding hydrogens is 202 g/mol. The molecule has 1 rings (SSSR count). The number of hydrogen-bond acceptors (Lipinski definition) is 3. The third-order valence-electron chi connectivity index (χ3n) is 2.16. The molecular formula is C12H19N3O. The summed E-state index contributed by atoms with van der Waals surface area (Å²) in [7, 11) is 0. The largest absolute Gasteiger partial charge is 0.370 e. The highest BCUT2D eigenvalue weighted by atomic mass is 16.1. The number of anilines is 2. The lowest BCUT2D eigenvalue weighted by Gasteiger charge is -2.06. The number of unbranched alkanes of at least 4 members (excludes halogenated alkanes) is 1. The molecule has 0 aliphatic carbocycles. The second-order valence-electron chi connectivity index (χ2n) is 3.61. The lowest BCUT2D eigenvalue weighted by molar-refractivity contribution is -0.116. The minimum absolute atomic E-state index is 0.0554. The number of amides is 1. The molecule has 1 heterocycles. The summed E-state index contributed by atoms with van der Waals surface area (Å²) in [5.74, 6) is 0.883. The Morgan fingerprint density at radius 2 is 2.19 bits per heavy atom. The molecule has 0 bridgehead atoms. The predicted molar refractivity (Wildman–Crippen MR) is 66.6 cm³/mol. The molecule has 0 aliphatic heterocycles. The van der Waals surface area contributed by atoms with Crippen molar-refractivity contribution >= 4 is 17.4 Å². The fourth-order valence-corrected chi connectivity index (χ4v) is 1.31. The normalized spacial score (nSPS) is 9.88. The van der Waals surface area contributed by atoms with E-state index in [0.29, 0.717) is 6.42 Å². The van der Waals surface area contributed by atoms with Gasteiger partial charge in [0.1, 0.15) is 5.82 Å². The van der Waals surface area contributed by atoms with Crippen molar-refractivity contribution in [1.29, 1.82) is 0 Å². The highest BCUT2D eigenvalue weighted by Gasteiger charge is 2.01. The zero-order chi connectivity index (χ0) is 11.8. The monoisotopic (exact) mass is 221 g/mol. The fourth-order valence-electron chi connectivity index (χ4n) is 1.31. The number of rotatable bonds is 6. The Labute approximate surface area is 96.5 Å². The molecule has 1 aromatic heterocycles. The van der Waals surface area contributed by atoms with E-state index in [9.17, 15) is 4.79 Å². The van der Waals surface area contributed by atoms with Crippen LogP contribution in [0.5, 0.6) is 0 Å². The molecule has 0 saturated carbocycles. The van der Waals surface area contributed by atoms with Gasteiger partial charge in [-0.25, -0.2) is 4.98 Å². The van der Waals surface area contributed by atoms with Crippen LogP contribution < -0.4 is 10.6 Å². The lowest BCUT2D eigenvalue weighted by atomic mass is 10.2. The molecule has 0 fully saturated rings. The molecule has 4 heteroatoms. The third-order valence-corrected chi connectivity index (χ3v) is 2.16.